The van der Waals surface area contributed by atoms with Crippen LogP contribution in [0.4, 0.5) is 4.39 Å². The monoisotopic (exact) mass is 259 g/mol. The maximum Gasteiger partial charge on any atom is 0.241 e. The highest BCUT2D eigenvalue weighted by Crippen LogP contribution is 2.22. The molecule has 1 N–H and O–H groups in total. The minimum Gasteiger partial charge on any atom is -0.378 e. The molecule has 1 aliphatic heterocycles. The maximum atomic E-state index is 13.1. The summed E-state index contributed by atoms with van der Waals surface area (Å²) in [5.41, 5.74) is 0.825. The van der Waals surface area contributed by atoms with Crippen molar-refractivity contribution < 1.29 is 17.5 Å². The van der Waals surface area contributed by atoms with Crippen molar-refractivity contribution in [3.63, 3.8) is 0 Å². The molecule has 1 saturated heterocycles. The summed E-state index contributed by atoms with van der Waals surface area (Å²) in [4.78, 5) is 0.158. The van der Waals surface area contributed by atoms with E-state index < -0.39 is 15.8 Å². The van der Waals surface area contributed by atoms with Crippen molar-refractivity contribution in [3.05, 3.63) is 29.1 Å². The highest BCUT2D eigenvalue weighted by Gasteiger charge is 2.27. The van der Waals surface area contributed by atoms with Gasteiger partial charge in [-0.3, -0.25) is 0 Å². The van der Waals surface area contributed by atoms with E-state index in [0.29, 0.717) is 24.3 Å². The molecule has 0 aliphatic carbocycles. The van der Waals surface area contributed by atoms with Crippen LogP contribution >= 0.6 is 0 Å². The molecule has 0 unspecified atom stereocenters. The smallest absolute Gasteiger partial charge is 0.241 e. The van der Waals surface area contributed by atoms with Gasteiger partial charge in [-0.1, -0.05) is 0 Å². The first-order valence-corrected chi connectivity index (χ1v) is 6.75. The zero-order valence-corrected chi connectivity index (χ0v) is 10.5. The average molecular weight is 259 g/mol. The van der Waals surface area contributed by atoms with Crippen LogP contribution in [0, 0.1) is 19.7 Å². The summed E-state index contributed by atoms with van der Waals surface area (Å²) in [6.45, 7) is 3.95. The van der Waals surface area contributed by atoms with E-state index in [1.165, 1.54) is 12.1 Å². The maximum absolute atomic E-state index is 13.1. The number of sulfonamides is 1. The van der Waals surface area contributed by atoms with E-state index in [4.69, 9.17) is 4.74 Å². The second-order valence-electron chi connectivity index (χ2n) is 4.22. The fraction of sp³-hybridized carbons (Fsp3) is 0.455. The topological polar surface area (TPSA) is 55.4 Å². The fourth-order valence-electron chi connectivity index (χ4n) is 1.90. The summed E-state index contributed by atoms with van der Waals surface area (Å²) in [6.07, 6.45) is 0. The van der Waals surface area contributed by atoms with Gasteiger partial charge in [-0.25, -0.2) is 17.5 Å². The lowest BCUT2D eigenvalue weighted by molar-refractivity contribution is 0.00481. The molecule has 1 heterocycles. The molecule has 17 heavy (non-hydrogen) atoms. The van der Waals surface area contributed by atoms with Crippen LogP contribution < -0.4 is 4.72 Å². The van der Waals surface area contributed by atoms with Crippen molar-refractivity contribution in [1.29, 1.82) is 0 Å². The molecule has 0 radical (unpaired) electrons. The van der Waals surface area contributed by atoms with Crippen LogP contribution in [-0.4, -0.2) is 27.7 Å². The fourth-order valence-corrected chi connectivity index (χ4v) is 3.56. The number of aryl methyl sites for hydroxylation is 2. The van der Waals surface area contributed by atoms with E-state index in [0.717, 1.165) is 0 Å². The van der Waals surface area contributed by atoms with Crippen molar-refractivity contribution in [2.24, 2.45) is 0 Å². The van der Waals surface area contributed by atoms with Gasteiger partial charge in [-0.05, 0) is 37.1 Å². The van der Waals surface area contributed by atoms with Crippen molar-refractivity contribution in [3.8, 4) is 0 Å². The first-order chi connectivity index (χ1) is 7.90. The molecule has 0 aromatic heterocycles. The summed E-state index contributed by atoms with van der Waals surface area (Å²) in [5, 5.41) is 0. The Morgan fingerprint density at radius 1 is 1.29 bits per heavy atom. The van der Waals surface area contributed by atoms with Crippen LogP contribution in [-0.2, 0) is 14.8 Å². The summed E-state index contributed by atoms with van der Waals surface area (Å²) in [7, 11) is -3.60. The molecule has 1 aromatic rings. The zero-order chi connectivity index (χ0) is 12.6. The molecule has 0 saturated carbocycles. The highest BCUT2D eigenvalue weighted by atomic mass is 32.2. The van der Waals surface area contributed by atoms with Gasteiger partial charge in [0.15, 0.2) is 0 Å². The van der Waals surface area contributed by atoms with Crippen LogP contribution in [0.15, 0.2) is 17.0 Å². The first kappa shape index (κ1) is 12.5. The predicted octanol–water partition coefficient (Wildman–Crippen LogP) is 1.12. The SMILES string of the molecule is Cc1cc(F)cc(C)c1S(=O)(=O)NC1COC1. The Labute approximate surface area is 99.8 Å². The Bertz CT molecular complexity index is 515. The van der Waals surface area contributed by atoms with Crippen molar-refractivity contribution in [2.75, 3.05) is 13.2 Å². The molecule has 94 valence electrons. The quantitative estimate of drug-likeness (QED) is 0.885. The third-order valence-corrected chi connectivity index (χ3v) is 4.48. The molecule has 2 rings (SSSR count). The standard InChI is InChI=1S/C11H14FNO3S/c1-7-3-9(12)4-8(2)11(7)17(14,15)13-10-5-16-6-10/h3-4,10,13H,5-6H2,1-2H3. The Balaban J connectivity index is 2.38. The molecular weight excluding hydrogens is 245 g/mol. The Hall–Kier alpha value is -0.980. The van der Waals surface area contributed by atoms with E-state index in [9.17, 15) is 12.8 Å². The minimum absolute atomic E-state index is 0.158. The number of halogens is 1. The summed E-state index contributed by atoms with van der Waals surface area (Å²) >= 11 is 0. The van der Waals surface area contributed by atoms with Gasteiger partial charge in [0.2, 0.25) is 10.0 Å². The van der Waals surface area contributed by atoms with Crippen molar-refractivity contribution in [2.45, 2.75) is 24.8 Å². The van der Waals surface area contributed by atoms with Crippen molar-refractivity contribution in [1.82, 2.24) is 4.72 Å². The van der Waals surface area contributed by atoms with Crippen LogP contribution in [0.2, 0.25) is 0 Å². The number of hydrogen-bond donors (Lipinski definition) is 1. The molecule has 4 nitrogen and oxygen atoms in total. The Morgan fingerprint density at radius 3 is 2.24 bits per heavy atom. The van der Waals surface area contributed by atoms with Gasteiger partial charge in [0.25, 0.3) is 0 Å². The molecule has 6 heteroatoms. The second kappa shape index (κ2) is 4.36. The third kappa shape index (κ3) is 2.48. The van der Waals surface area contributed by atoms with Gasteiger partial charge in [0, 0.05) is 0 Å². The Kier molecular flexibility index (Phi) is 3.20. The molecular formula is C11H14FNO3S. The zero-order valence-electron chi connectivity index (χ0n) is 9.66. The molecule has 0 amide bonds. The van der Waals surface area contributed by atoms with Crippen LogP contribution in [0.3, 0.4) is 0 Å². The number of rotatable bonds is 3. The van der Waals surface area contributed by atoms with E-state index in [2.05, 4.69) is 4.72 Å². The predicted molar refractivity (Wildman–Crippen MR) is 60.8 cm³/mol. The van der Waals surface area contributed by atoms with Crippen molar-refractivity contribution >= 4 is 10.0 Å². The number of ether oxygens (including phenoxy) is 1. The highest BCUT2D eigenvalue weighted by molar-refractivity contribution is 7.89. The molecule has 0 bridgehead atoms. The summed E-state index contributed by atoms with van der Waals surface area (Å²) in [5.74, 6) is -0.425. The lowest BCUT2D eigenvalue weighted by atomic mass is 10.1. The van der Waals surface area contributed by atoms with Gasteiger partial charge in [0.1, 0.15) is 5.82 Å². The number of hydrogen-bond acceptors (Lipinski definition) is 3. The van der Waals surface area contributed by atoms with Crippen LogP contribution in [0.25, 0.3) is 0 Å². The van der Waals surface area contributed by atoms with E-state index in [1.54, 1.807) is 13.8 Å². The normalized spacial score (nSPS) is 16.9. The van der Waals surface area contributed by atoms with Gasteiger partial charge in [0.05, 0.1) is 24.2 Å². The number of benzene rings is 1. The second-order valence-corrected chi connectivity index (χ2v) is 5.88. The van der Waals surface area contributed by atoms with Gasteiger partial charge in [-0.15, -0.1) is 0 Å². The van der Waals surface area contributed by atoms with Gasteiger partial charge in [-0.2, -0.15) is 0 Å². The molecule has 1 aromatic carbocycles. The minimum atomic E-state index is -3.60. The van der Waals surface area contributed by atoms with E-state index >= 15 is 0 Å². The molecule has 0 atom stereocenters. The average Bonchev–Trinajstić information content (AvgIpc) is 2.09. The summed E-state index contributed by atoms with van der Waals surface area (Å²) < 4.78 is 44.7. The third-order valence-electron chi connectivity index (χ3n) is 2.65. The van der Waals surface area contributed by atoms with Gasteiger partial charge < -0.3 is 4.74 Å². The van der Waals surface area contributed by atoms with E-state index in [1.807, 2.05) is 0 Å². The number of nitrogens with one attached hydrogen (secondary N) is 1. The largest absolute Gasteiger partial charge is 0.378 e. The molecule has 1 aliphatic rings. The molecule has 0 spiro atoms. The first-order valence-electron chi connectivity index (χ1n) is 5.27. The van der Waals surface area contributed by atoms with Crippen LogP contribution in [0.5, 0.6) is 0 Å². The van der Waals surface area contributed by atoms with Crippen LogP contribution in [0.1, 0.15) is 11.1 Å². The lowest BCUT2D eigenvalue weighted by Gasteiger charge is -2.27. The van der Waals surface area contributed by atoms with Gasteiger partial charge >= 0.3 is 0 Å². The Morgan fingerprint density at radius 2 is 1.82 bits per heavy atom. The molecule has 1 fully saturated rings. The lowest BCUT2D eigenvalue weighted by Crippen LogP contribution is -2.48. The summed E-state index contributed by atoms with van der Waals surface area (Å²) in [6, 6.07) is 2.27. The van der Waals surface area contributed by atoms with E-state index in [-0.39, 0.29) is 10.9 Å².